The fourth-order valence-corrected chi connectivity index (χ4v) is 3.03. The van der Waals surface area contributed by atoms with Gasteiger partial charge in [-0.3, -0.25) is 4.79 Å². The van der Waals surface area contributed by atoms with Crippen LogP contribution in [0.15, 0.2) is 71.8 Å². The first-order valence-corrected chi connectivity index (χ1v) is 10.1. The van der Waals surface area contributed by atoms with Crippen molar-refractivity contribution in [1.82, 2.24) is 5.43 Å². The van der Waals surface area contributed by atoms with Crippen LogP contribution in [0.1, 0.15) is 28.4 Å². The molecule has 0 aromatic heterocycles. The van der Waals surface area contributed by atoms with Crippen molar-refractivity contribution in [3.8, 4) is 17.2 Å². The van der Waals surface area contributed by atoms with Crippen molar-refractivity contribution in [3.63, 3.8) is 0 Å². The van der Waals surface area contributed by atoms with Crippen LogP contribution in [-0.2, 0) is 6.61 Å². The zero-order chi connectivity index (χ0) is 22.1. The van der Waals surface area contributed by atoms with Crippen molar-refractivity contribution in [2.45, 2.75) is 13.5 Å². The highest BCUT2D eigenvalue weighted by atomic mass is 35.5. The van der Waals surface area contributed by atoms with E-state index >= 15 is 0 Å². The van der Waals surface area contributed by atoms with Gasteiger partial charge in [0.1, 0.15) is 12.4 Å². The predicted octanol–water partition coefficient (Wildman–Crippen LogP) is 5.09. The Morgan fingerprint density at radius 1 is 1.00 bits per heavy atom. The molecule has 0 bridgehead atoms. The Balaban J connectivity index is 1.66. The molecule has 1 amide bonds. The number of hydrogen-bond donors (Lipinski definition) is 1. The normalized spacial score (nSPS) is 10.7. The fourth-order valence-electron chi connectivity index (χ4n) is 2.77. The van der Waals surface area contributed by atoms with E-state index < -0.39 is 0 Å². The number of ether oxygens (including phenoxy) is 3. The van der Waals surface area contributed by atoms with Crippen molar-refractivity contribution >= 4 is 23.7 Å². The van der Waals surface area contributed by atoms with Crippen molar-refractivity contribution in [2.75, 3.05) is 13.7 Å². The molecule has 0 aliphatic heterocycles. The number of carbonyl (C=O) groups excluding carboxylic acids is 1. The molecule has 3 aromatic carbocycles. The Hall–Kier alpha value is -3.51. The molecule has 3 rings (SSSR count). The molecular weight excluding hydrogens is 416 g/mol. The van der Waals surface area contributed by atoms with Crippen molar-refractivity contribution in [2.24, 2.45) is 5.10 Å². The molecule has 0 aliphatic rings. The standard InChI is InChI=1S/C24H23ClN2O4/c1-3-30-23-14-19(10-12-22(23)31-16-17-7-5-4-6-8-17)24(28)27-26-15-18-9-11-21(29-2)20(25)13-18/h4-15H,3,16H2,1-2H3,(H,27,28)/b26-15+. The zero-order valence-electron chi connectivity index (χ0n) is 17.3. The third-order valence-electron chi connectivity index (χ3n) is 4.30. The van der Waals surface area contributed by atoms with Crippen molar-refractivity contribution in [1.29, 1.82) is 0 Å². The molecule has 0 aliphatic carbocycles. The molecule has 6 nitrogen and oxygen atoms in total. The van der Waals surface area contributed by atoms with Crippen molar-refractivity contribution in [3.05, 3.63) is 88.4 Å². The summed E-state index contributed by atoms with van der Waals surface area (Å²) >= 11 is 6.09. The number of rotatable bonds is 9. The van der Waals surface area contributed by atoms with E-state index in [-0.39, 0.29) is 5.91 Å². The Morgan fingerprint density at radius 3 is 2.48 bits per heavy atom. The highest BCUT2D eigenvalue weighted by molar-refractivity contribution is 6.32. The predicted molar refractivity (Wildman–Crippen MR) is 121 cm³/mol. The Bertz CT molecular complexity index is 1050. The minimum Gasteiger partial charge on any atom is -0.495 e. The molecule has 0 saturated carbocycles. The summed E-state index contributed by atoms with van der Waals surface area (Å²) < 4.78 is 16.6. The van der Waals surface area contributed by atoms with Crippen LogP contribution in [-0.4, -0.2) is 25.8 Å². The topological polar surface area (TPSA) is 69.2 Å². The van der Waals surface area contributed by atoms with Gasteiger partial charge >= 0.3 is 0 Å². The van der Waals surface area contributed by atoms with Gasteiger partial charge in [-0.25, -0.2) is 5.43 Å². The first-order chi connectivity index (χ1) is 15.1. The number of hydrazone groups is 1. The molecule has 0 heterocycles. The van der Waals surface area contributed by atoms with E-state index in [0.717, 1.165) is 11.1 Å². The number of nitrogens with one attached hydrogen (secondary N) is 1. The van der Waals surface area contributed by atoms with E-state index in [1.807, 2.05) is 37.3 Å². The van der Waals surface area contributed by atoms with Gasteiger partial charge in [0.25, 0.3) is 5.91 Å². The van der Waals surface area contributed by atoms with Gasteiger partial charge in [-0.1, -0.05) is 41.9 Å². The highest BCUT2D eigenvalue weighted by Gasteiger charge is 2.12. The number of halogens is 1. The maximum absolute atomic E-state index is 12.5. The van der Waals surface area contributed by atoms with Gasteiger partial charge < -0.3 is 14.2 Å². The second-order valence-corrected chi connectivity index (χ2v) is 6.87. The maximum atomic E-state index is 12.5. The lowest BCUT2D eigenvalue weighted by Gasteiger charge is -2.13. The van der Waals surface area contributed by atoms with E-state index in [4.69, 9.17) is 25.8 Å². The van der Waals surface area contributed by atoms with Crippen LogP contribution in [0.5, 0.6) is 17.2 Å². The lowest BCUT2D eigenvalue weighted by Crippen LogP contribution is -2.17. The smallest absolute Gasteiger partial charge is 0.271 e. The number of benzene rings is 3. The van der Waals surface area contributed by atoms with E-state index in [2.05, 4.69) is 10.5 Å². The van der Waals surface area contributed by atoms with Crippen LogP contribution in [0.4, 0.5) is 0 Å². The summed E-state index contributed by atoms with van der Waals surface area (Å²) in [6.45, 7) is 2.72. The molecule has 0 spiro atoms. The second kappa shape index (κ2) is 11.0. The first kappa shape index (κ1) is 22.2. The number of methoxy groups -OCH3 is 1. The molecule has 0 atom stereocenters. The van der Waals surface area contributed by atoms with Crippen LogP contribution in [0.3, 0.4) is 0 Å². The van der Waals surface area contributed by atoms with E-state index in [1.165, 1.54) is 6.21 Å². The second-order valence-electron chi connectivity index (χ2n) is 6.46. The number of nitrogens with zero attached hydrogens (tertiary/aromatic N) is 1. The van der Waals surface area contributed by atoms with Crippen LogP contribution in [0.2, 0.25) is 5.02 Å². The lowest BCUT2D eigenvalue weighted by atomic mass is 10.2. The number of hydrogen-bond acceptors (Lipinski definition) is 5. The molecule has 31 heavy (non-hydrogen) atoms. The Labute approximate surface area is 186 Å². The largest absolute Gasteiger partial charge is 0.495 e. The lowest BCUT2D eigenvalue weighted by molar-refractivity contribution is 0.0954. The first-order valence-electron chi connectivity index (χ1n) is 9.71. The molecule has 3 aromatic rings. The highest BCUT2D eigenvalue weighted by Crippen LogP contribution is 2.29. The van der Waals surface area contributed by atoms with E-state index in [0.29, 0.717) is 41.0 Å². The molecule has 0 radical (unpaired) electrons. The molecule has 160 valence electrons. The van der Waals surface area contributed by atoms with Crippen LogP contribution in [0, 0.1) is 0 Å². The summed E-state index contributed by atoms with van der Waals surface area (Å²) in [7, 11) is 1.55. The Morgan fingerprint density at radius 2 is 1.77 bits per heavy atom. The van der Waals surface area contributed by atoms with E-state index in [9.17, 15) is 4.79 Å². The minimum absolute atomic E-state index is 0.369. The van der Waals surface area contributed by atoms with Gasteiger partial charge in [-0.05, 0) is 54.4 Å². The summed E-state index contributed by atoms with van der Waals surface area (Å²) in [5, 5.41) is 4.46. The third-order valence-corrected chi connectivity index (χ3v) is 4.59. The third kappa shape index (κ3) is 6.23. The number of amides is 1. The van der Waals surface area contributed by atoms with Gasteiger partial charge in [0.15, 0.2) is 11.5 Å². The van der Waals surface area contributed by atoms with Gasteiger partial charge in [0.05, 0.1) is 25.0 Å². The van der Waals surface area contributed by atoms with Crippen LogP contribution >= 0.6 is 11.6 Å². The molecule has 0 fully saturated rings. The summed E-state index contributed by atoms with van der Waals surface area (Å²) in [6.07, 6.45) is 1.50. The molecular formula is C24H23ClN2O4. The Kier molecular flexibility index (Phi) is 7.90. The van der Waals surface area contributed by atoms with E-state index in [1.54, 1.807) is 43.5 Å². The summed E-state index contributed by atoms with van der Waals surface area (Å²) in [5.74, 6) is 1.27. The van der Waals surface area contributed by atoms with Crippen LogP contribution in [0.25, 0.3) is 0 Å². The monoisotopic (exact) mass is 438 g/mol. The zero-order valence-corrected chi connectivity index (χ0v) is 18.1. The van der Waals surface area contributed by atoms with Gasteiger partial charge in [-0.15, -0.1) is 0 Å². The summed E-state index contributed by atoms with van der Waals surface area (Å²) in [6, 6.07) is 20.1. The number of carbonyl (C=O) groups is 1. The van der Waals surface area contributed by atoms with Crippen molar-refractivity contribution < 1.29 is 19.0 Å². The average molecular weight is 439 g/mol. The average Bonchev–Trinajstić information content (AvgIpc) is 2.79. The van der Waals surface area contributed by atoms with Crippen LogP contribution < -0.4 is 19.6 Å². The molecule has 1 N–H and O–H groups in total. The van der Waals surface area contributed by atoms with Gasteiger partial charge in [0, 0.05) is 5.56 Å². The van der Waals surface area contributed by atoms with Gasteiger partial charge in [0.2, 0.25) is 0 Å². The quantitative estimate of drug-likeness (QED) is 0.373. The maximum Gasteiger partial charge on any atom is 0.271 e. The minimum atomic E-state index is -0.369. The summed E-state index contributed by atoms with van der Waals surface area (Å²) in [4.78, 5) is 12.5. The molecule has 0 saturated heterocycles. The van der Waals surface area contributed by atoms with Gasteiger partial charge in [-0.2, -0.15) is 5.10 Å². The molecule has 7 heteroatoms. The fraction of sp³-hybridized carbons (Fsp3) is 0.167. The molecule has 0 unspecified atom stereocenters. The summed E-state index contributed by atoms with van der Waals surface area (Å²) in [5.41, 5.74) is 4.67. The SMILES string of the molecule is CCOc1cc(C(=O)N/N=C/c2ccc(OC)c(Cl)c2)ccc1OCc1ccccc1.